The van der Waals surface area contributed by atoms with Crippen molar-refractivity contribution in [2.24, 2.45) is 0 Å². The van der Waals surface area contributed by atoms with Crippen molar-refractivity contribution < 1.29 is 4.79 Å². The van der Waals surface area contributed by atoms with Crippen molar-refractivity contribution in [1.82, 2.24) is 15.5 Å². The van der Waals surface area contributed by atoms with Gasteiger partial charge < -0.3 is 10.6 Å². The number of rotatable bonds is 8. The second-order valence-corrected chi connectivity index (χ2v) is 4.73. The predicted molar refractivity (Wildman–Crippen MR) is 66.4 cm³/mol. The largest absolute Gasteiger partial charge is 0.355 e. The van der Waals surface area contributed by atoms with Crippen molar-refractivity contribution in [1.29, 1.82) is 0 Å². The van der Waals surface area contributed by atoms with Gasteiger partial charge in [-0.3, -0.25) is 9.69 Å². The highest BCUT2D eigenvalue weighted by molar-refractivity contribution is 5.77. The van der Waals surface area contributed by atoms with Crippen LogP contribution in [0.4, 0.5) is 0 Å². The number of nitrogens with one attached hydrogen (secondary N) is 2. The maximum absolute atomic E-state index is 11.3. The Bertz CT molecular complexity index is 216. The molecule has 94 valence electrons. The minimum atomic E-state index is 0.100. The predicted octanol–water partition coefficient (Wildman–Crippen LogP) is 0.585. The van der Waals surface area contributed by atoms with Crippen LogP contribution in [0.1, 0.15) is 33.1 Å². The van der Waals surface area contributed by atoms with E-state index in [9.17, 15) is 4.79 Å². The molecule has 1 unspecified atom stereocenters. The van der Waals surface area contributed by atoms with E-state index in [0.717, 1.165) is 25.6 Å². The Morgan fingerprint density at radius 2 is 2.19 bits per heavy atom. The Morgan fingerprint density at radius 3 is 2.75 bits per heavy atom. The van der Waals surface area contributed by atoms with Gasteiger partial charge in [0.1, 0.15) is 0 Å². The normalized spacial score (nSPS) is 17.5. The second kappa shape index (κ2) is 6.86. The number of carbonyl (C=O) groups is 1. The molecule has 1 aliphatic rings. The quantitative estimate of drug-likeness (QED) is 0.638. The molecule has 1 amide bonds. The van der Waals surface area contributed by atoms with Gasteiger partial charge in [-0.2, -0.15) is 0 Å². The molecule has 0 aromatic carbocycles. The smallest absolute Gasteiger partial charge is 0.233 e. The van der Waals surface area contributed by atoms with Crippen LogP contribution in [-0.4, -0.2) is 49.6 Å². The van der Waals surface area contributed by atoms with E-state index in [-0.39, 0.29) is 5.91 Å². The van der Waals surface area contributed by atoms with Crippen molar-refractivity contribution >= 4 is 5.91 Å². The SMILES string of the molecule is CCCNC(=O)CNCC(C)N(C)C1CC1. The molecule has 0 aromatic rings. The fourth-order valence-corrected chi connectivity index (χ4v) is 1.71. The highest BCUT2D eigenvalue weighted by atomic mass is 16.1. The lowest BCUT2D eigenvalue weighted by Gasteiger charge is -2.24. The summed E-state index contributed by atoms with van der Waals surface area (Å²) >= 11 is 0. The van der Waals surface area contributed by atoms with Gasteiger partial charge in [-0.1, -0.05) is 6.92 Å². The number of nitrogens with zero attached hydrogens (tertiary/aromatic N) is 1. The monoisotopic (exact) mass is 227 g/mol. The summed E-state index contributed by atoms with van der Waals surface area (Å²) < 4.78 is 0. The van der Waals surface area contributed by atoms with E-state index < -0.39 is 0 Å². The Morgan fingerprint density at radius 1 is 1.50 bits per heavy atom. The fraction of sp³-hybridized carbons (Fsp3) is 0.917. The lowest BCUT2D eigenvalue weighted by atomic mass is 10.3. The van der Waals surface area contributed by atoms with Crippen molar-refractivity contribution in [3.63, 3.8) is 0 Å². The van der Waals surface area contributed by atoms with Gasteiger partial charge >= 0.3 is 0 Å². The molecule has 1 rings (SSSR count). The van der Waals surface area contributed by atoms with Crippen LogP contribution < -0.4 is 10.6 Å². The number of carbonyl (C=O) groups excluding carboxylic acids is 1. The molecule has 2 N–H and O–H groups in total. The summed E-state index contributed by atoms with van der Waals surface area (Å²) in [6.45, 7) is 6.35. The average molecular weight is 227 g/mol. The van der Waals surface area contributed by atoms with Gasteiger partial charge in [-0.15, -0.1) is 0 Å². The van der Waals surface area contributed by atoms with E-state index in [1.165, 1.54) is 12.8 Å². The van der Waals surface area contributed by atoms with Gasteiger partial charge in [0.15, 0.2) is 0 Å². The molecule has 0 bridgehead atoms. The summed E-state index contributed by atoms with van der Waals surface area (Å²) in [5, 5.41) is 6.06. The van der Waals surface area contributed by atoms with E-state index in [1.807, 2.05) is 0 Å². The number of likely N-dealkylation sites (N-methyl/N-ethyl adjacent to an activating group) is 1. The van der Waals surface area contributed by atoms with Gasteiger partial charge in [0.05, 0.1) is 6.54 Å². The zero-order valence-corrected chi connectivity index (χ0v) is 10.8. The van der Waals surface area contributed by atoms with Crippen LogP contribution in [0.3, 0.4) is 0 Å². The lowest BCUT2D eigenvalue weighted by Crippen LogP contribution is -2.42. The number of hydrogen-bond acceptors (Lipinski definition) is 3. The standard InChI is InChI=1S/C12H25N3O/c1-4-7-14-12(16)9-13-8-10(2)15(3)11-5-6-11/h10-11,13H,4-9H2,1-3H3,(H,14,16). The first-order valence-electron chi connectivity index (χ1n) is 6.34. The number of amides is 1. The minimum absolute atomic E-state index is 0.100. The summed E-state index contributed by atoms with van der Waals surface area (Å²) in [6, 6.07) is 1.29. The van der Waals surface area contributed by atoms with Gasteiger partial charge in [0.25, 0.3) is 0 Å². The van der Waals surface area contributed by atoms with E-state index in [1.54, 1.807) is 0 Å². The van der Waals surface area contributed by atoms with Crippen LogP contribution in [-0.2, 0) is 4.79 Å². The molecule has 4 nitrogen and oxygen atoms in total. The Kier molecular flexibility index (Phi) is 5.77. The van der Waals surface area contributed by atoms with Crippen LogP contribution >= 0.6 is 0 Å². The molecule has 16 heavy (non-hydrogen) atoms. The lowest BCUT2D eigenvalue weighted by molar-refractivity contribution is -0.120. The third kappa shape index (κ3) is 4.94. The summed E-state index contributed by atoms with van der Waals surface area (Å²) in [5.41, 5.74) is 0. The van der Waals surface area contributed by atoms with Gasteiger partial charge in [-0.05, 0) is 33.2 Å². The molecule has 0 saturated heterocycles. The summed E-state index contributed by atoms with van der Waals surface area (Å²) in [4.78, 5) is 13.7. The van der Waals surface area contributed by atoms with Crippen molar-refractivity contribution in [2.75, 3.05) is 26.7 Å². The topological polar surface area (TPSA) is 44.4 Å². The van der Waals surface area contributed by atoms with E-state index in [0.29, 0.717) is 12.6 Å². The maximum atomic E-state index is 11.3. The molecule has 1 aliphatic carbocycles. The van der Waals surface area contributed by atoms with Crippen LogP contribution in [0.2, 0.25) is 0 Å². The molecule has 4 heteroatoms. The first-order valence-corrected chi connectivity index (χ1v) is 6.34. The highest BCUT2D eigenvalue weighted by Crippen LogP contribution is 2.26. The Labute approximate surface area is 98.8 Å². The van der Waals surface area contributed by atoms with Crippen molar-refractivity contribution in [3.05, 3.63) is 0 Å². The molecule has 0 aromatic heterocycles. The highest BCUT2D eigenvalue weighted by Gasteiger charge is 2.28. The summed E-state index contributed by atoms with van der Waals surface area (Å²) in [5.74, 6) is 0.100. The second-order valence-electron chi connectivity index (χ2n) is 4.73. The zero-order valence-electron chi connectivity index (χ0n) is 10.8. The molecular formula is C12H25N3O. The third-order valence-electron chi connectivity index (χ3n) is 3.12. The first-order chi connectivity index (χ1) is 7.65. The van der Waals surface area contributed by atoms with E-state index in [4.69, 9.17) is 0 Å². The zero-order chi connectivity index (χ0) is 12.0. The van der Waals surface area contributed by atoms with E-state index in [2.05, 4.69) is 36.4 Å². The van der Waals surface area contributed by atoms with Gasteiger partial charge in [-0.25, -0.2) is 0 Å². The summed E-state index contributed by atoms with van der Waals surface area (Å²) in [6.07, 6.45) is 3.65. The molecular weight excluding hydrogens is 202 g/mol. The third-order valence-corrected chi connectivity index (χ3v) is 3.12. The van der Waals surface area contributed by atoms with Crippen molar-refractivity contribution in [2.45, 2.75) is 45.2 Å². The van der Waals surface area contributed by atoms with Crippen LogP contribution in [0.15, 0.2) is 0 Å². The van der Waals surface area contributed by atoms with Crippen LogP contribution in [0.5, 0.6) is 0 Å². The van der Waals surface area contributed by atoms with Gasteiger partial charge in [0.2, 0.25) is 5.91 Å². The Balaban J connectivity index is 2.02. The molecule has 1 saturated carbocycles. The van der Waals surface area contributed by atoms with Crippen LogP contribution in [0.25, 0.3) is 0 Å². The molecule has 0 heterocycles. The minimum Gasteiger partial charge on any atom is -0.355 e. The number of hydrogen-bond donors (Lipinski definition) is 2. The molecule has 0 aliphatic heterocycles. The average Bonchev–Trinajstić information content (AvgIpc) is 3.08. The van der Waals surface area contributed by atoms with Crippen LogP contribution in [0, 0.1) is 0 Å². The molecule has 0 spiro atoms. The molecule has 0 radical (unpaired) electrons. The molecule has 1 fully saturated rings. The Hall–Kier alpha value is -0.610. The summed E-state index contributed by atoms with van der Waals surface area (Å²) in [7, 11) is 2.17. The fourth-order valence-electron chi connectivity index (χ4n) is 1.71. The van der Waals surface area contributed by atoms with Crippen molar-refractivity contribution in [3.8, 4) is 0 Å². The van der Waals surface area contributed by atoms with E-state index >= 15 is 0 Å². The molecule has 1 atom stereocenters. The maximum Gasteiger partial charge on any atom is 0.233 e. The first kappa shape index (κ1) is 13.5. The van der Waals surface area contributed by atoms with Gasteiger partial charge in [0, 0.05) is 25.2 Å².